The molecule has 2 aromatic heterocycles. The first kappa shape index (κ1) is 19.8. The molecule has 0 saturated carbocycles. The molecular weight excluding hydrogens is 381 g/mol. The Labute approximate surface area is 164 Å². The van der Waals surface area contributed by atoms with E-state index in [1.54, 1.807) is 25.1 Å². The third kappa shape index (κ3) is 3.96. The minimum atomic E-state index is -0.475. The summed E-state index contributed by atoms with van der Waals surface area (Å²) in [5, 5.41) is 2.74. The van der Waals surface area contributed by atoms with Crippen LogP contribution in [0, 0.1) is 12.7 Å². The van der Waals surface area contributed by atoms with Crippen LogP contribution in [0.15, 0.2) is 51.7 Å². The number of allylic oxidation sites excluding steroid dienone is 2. The van der Waals surface area contributed by atoms with Gasteiger partial charge in [-0.05, 0) is 38.5 Å². The minimum Gasteiger partial charge on any atom is -0.347 e. The van der Waals surface area contributed by atoms with E-state index in [1.165, 1.54) is 22.7 Å². The van der Waals surface area contributed by atoms with Crippen LogP contribution in [-0.2, 0) is 13.1 Å². The van der Waals surface area contributed by atoms with Crippen LogP contribution in [0.3, 0.4) is 0 Å². The molecule has 8 heteroatoms. The lowest BCUT2D eigenvalue weighted by atomic mass is 10.2. The van der Waals surface area contributed by atoms with Crippen molar-refractivity contribution in [1.29, 1.82) is 0 Å². The van der Waals surface area contributed by atoms with Gasteiger partial charge >= 0.3 is 5.69 Å². The number of fused-ring (bicyclic) bond motifs is 1. The van der Waals surface area contributed by atoms with Gasteiger partial charge in [0, 0.05) is 24.8 Å². The van der Waals surface area contributed by atoms with Crippen molar-refractivity contribution in [1.82, 2.24) is 14.3 Å². The number of aromatic nitrogens is 2. The van der Waals surface area contributed by atoms with Gasteiger partial charge < -0.3 is 5.32 Å². The van der Waals surface area contributed by atoms with Crippen molar-refractivity contribution in [2.75, 3.05) is 0 Å². The molecule has 0 fully saturated rings. The second kappa shape index (κ2) is 7.93. The maximum Gasteiger partial charge on any atom is 0.336 e. The summed E-state index contributed by atoms with van der Waals surface area (Å²) in [7, 11) is 0. The Balaban J connectivity index is 1.92. The highest BCUT2D eigenvalue weighted by Gasteiger charge is 2.17. The number of hydrogen-bond donors (Lipinski definition) is 1. The molecule has 0 unspecified atom stereocenters. The summed E-state index contributed by atoms with van der Waals surface area (Å²) in [4.78, 5) is 38.5. The molecule has 0 bridgehead atoms. The van der Waals surface area contributed by atoms with E-state index in [0.29, 0.717) is 15.3 Å². The highest BCUT2D eigenvalue weighted by atomic mass is 32.1. The standard InChI is InChI=1S/C20H20FN3O3S/c1-12(2)8-9-23-18(26)13(3)19-24(20(23)27)11-16(28-19)17(25)22-10-14-4-6-15(21)7-5-14/h4-8,11H,9-10H2,1-3H3,(H,22,25). The number of amides is 1. The zero-order chi connectivity index (χ0) is 20.4. The number of nitrogens with one attached hydrogen (secondary N) is 1. The van der Waals surface area contributed by atoms with Gasteiger partial charge in [0.2, 0.25) is 0 Å². The summed E-state index contributed by atoms with van der Waals surface area (Å²) in [6.45, 7) is 5.84. The molecule has 1 aromatic carbocycles. The summed E-state index contributed by atoms with van der Waals surface area (Å²) in [5.74, 6) is -0.704. The van der Waals surface area contributed by atoms with Crippen LogP contribution in [0.1, 0.15) is 34.6 Å². The lowest BCUT2D eigenvalue weighted by Gasteiger charge is -2.05. The zero-order valence-electron chi connectivity index (χ0n) is 15.8. The average Bonchev–Trinajstić information content (AvgIpc) is 3.11. The molecule has 0 spiro atoms. The van der Waals surface area contributed by atoms with Crippen molar-refractivity contribution in [3.05, 3.63) is 84.8 Å². The first-order chi connectivity index (χ1) is 13.3. The quantitative estimate of drug-likeness (QED) is 0.668. The maximum atomic E-state index is 13.0. The van der Waals surface area contributed by atoms with Crippen LogP contribution in [-0.4, -0.2) is 14.9 Å². The molecule has 146 valence electrons. The van der Waals surface area contributed by atoms with Crippen molar-refractivity contribution in [2.24, 2.45) is 0 Å². The largest absolute Gasteiger partial charge is 0.347 e. The average molecular weight is 401 g/mol. The Kier molecular flexibility index (Phi) is 5.60. The number of carbonyl (C=O) groups is 1. The van der Waals surface area contributed by atoms with Crippen molar-refractivity contribution in [2.45, 2.75) is 33.9 Å². The van der Waals surface area contributed by atoms with Crippen LogP contribution in [0.2, 0.25) is 0 Å². The summed E-state index contributed by atoms with van der Waals surface area (Å²) in [6, 6.07) is 5.83. The second-order valence-electron chi connectivity index (χ2n) is 6.68. The predicted molar refractivity (Wildman–Crippen MR) is 108 cm³/mol. The number of carbonyl (C=O) groups excluding carboxylic acids is 1. The van der Waals surface area contributed by atoms with E-state index < -0.39 is 5.69 Å². The number of rotatable bonds is 5. The smallest absolute Gasteiger partial charge is 0.336 e. The molecule has 1 amide bonds. The van der Waals surface area contributed by atoms with E-state index in [1.807, 2.05) is 13.8 Å². The molecule has 0 aliphatic carbocycles. The van der Waals surface area contributed by atoms with Crippen LogP contribution in [0.5, 0.6) is 0 Å². The number of halogens is 1. The second-order valence-corrected chi connectivity index (χ2v) is 7.72. The molecule has 0 radical (unpaired) electrons. The Morgan fingerprint density at radius 3 is 2.54 bits per heavy atom. The summed E-state index contributed by atoms with van der Waals surface area (Å²) < 4.78 is 15.5. The van der Waals surface area contributed by atoms with Gasteiger partial charge in [-0.3, -0.25) is 18.6 Å². The Morgan fingerprint density at radius 2 is 1.89 bits per heavy atom. The van der Waals surface area contributed by atoms with Crippen LogP contribution < -0.4 is 16.6 Å². The SMILES string of the molecule is CC(C)=CCn1c(=O)c(C)c2sc(C(=O)NCc3ccc(F)cc3)cn2c1=O. The normalized spacial score (nSPS) is 10.9. The van der Waals surface area contributed by atoms with Gasteiger partial charge in [0.05, 0.1) is 0 Å². The summed E-state index contributed by atoms with van der Waals surface area (Å²) in [5.41, 5.74) is 1.34. The number of benzene rings is 1. The minimum absolute atomic E-state index is 0.186. The molecule has 2 heterocycles. The lowest BCUT2D eigenvalue weighted by Crippen LogP contribution is -2.37. The molecule has 3 aromatic rings. The number of aryl methyl sites for hydroxylation is 1. The van der Waals surface area contributed by atoms with E-state index in [2.05, 4.69) is 5.32 Å². The molecule has 28 heavy (non-hydrogen) atoms. The van der Waals surface area contributed by atoms with Crippen molar-refractivity contribution in [3.8, 4) is 0 Å². The highest BCUT2D eigenvalue weighted by Crippen LogP contribution is 2.18. The fraction of sp³-hybridized carbons (Fsp3) is 0.250. The molecule has 0 saturated heterocycles. The van der Waals surface area contributed by atoms with Gasteiger partial charge in [-0.1, -0.05) is 23.8 Å². The van der Waals surface area contributed by atoms with Gasteiger partial charge in [-0.25, -0.2) is 9.18 Å². The number of thiazole rings is 1. The van der Waals surface area contributed by atoms with E-state index in [9.17, 15) is 18.8 Å². The van der Waals surface area contributed by atoms with Gasteiger partial charge in [-0.15, -0.1) is 11.3 Å². The third-order valence-electron chi connectivity index (χ3n) is 4.27. The van der Waals surface area contributed by atoms with Gasteiger partial charge in [0.25, 0.3) is 11.5 Å². The Bertz CT molecular complexity index is 1180. The third-order valence-corrected chi connectivity index (χ3v) is 5.47. The first-order valence-electron chi connectivity index (χ1n) is 8.69. The van der Waals surface area contributed by atoms with Crippen molar-refractivity contribution < 1.29 is 9.18 Å². The van der Waals surface area contributed by atoms with E-state index in [-0.39, 0.29) is 30.4 Å². The molecule has 0 aliphatic rings. The molecule has 3 rings (SSSR count). The Hall–Kier alpha value is -3.00. The van der Waals surface area contributed by atoms with Gasteiger partial charge in [-0.2, -0.15) is 0 Å². The van der Waals surface area contributed by atoms with Crippen LogP contribution in [0.25, 0.3) is 4.83 Å². The fourth-order valence-corrected chi connectivity index (χ4v) is 3.68. The van der Waals surface area contributed by atoms with Crippen LogP contribution in [0.4, 0.5) is 4.39 Å². The van der Waals surface area contributed by atoms with Crippen molar-refractivity contribution >= 4 is 22.1 Å². The van der Waals surface area contributed by atoms with E-state index in [4.69, 9.17) is 0 Å². The molecule has 0 atom stereocenters. The van der Waals surface area contributed by atoms with Gasteiger partial charge in [0.15, 0.2) is 0 Å². The topological polar surface area (TPSA) is 72.6 Å². The molecule has 1 N–H and O–H groups in total. The summed E-state index contributed by atoms with van der Waals surface area (Å²) >= 11 is 1.09. The predicted octanol–water partition coefficient (Wildman–Crippen LogP) is 2.87. The highest BCUT2D eigenvalue weighted by molar-refractivity contribution is 7.19. The van der Waals surface area contributed by atoms with Crippen LogP contribution >= 0.6 is 11.3 Å². The zero-order valence-corrected chi connectivity index (χ0v) is 16.6. The van der Waals surface area contributed by atoms with E-state index >= 15 is 0 Å². The van der Waals surface area contributed by atoms with Crippen molar-refractivity contribution in [3.63, 3.8) is 0 Å². The maximum absolute atomic E-state index is 13.0. The van der Waals surface area contributed by atoms with Gasteiger partial charge in [0.1, 0.15) is 15.5 Å². The monoisotopic (exact) mass is 401 g/mol. The Morgan fingerprint density at radius 1 is 1.21 bits per heavy atom. The van der Waals surface area contributed by atoms with E-state index in [0.717, 1.165) is 27.0 Å². The molecule has 0 aliphatic heterocycles. The lowest BCUT2D eigenvalue weighted by molar-refractivity contribution is 0.0954. The summed E-state index contributed by atoms with van der Waals surface area (Å²) in [6.07, 6.45) is 3.26. The number of nitrogens with zero attached hydrogens (tertiary/aromatic N) is 2. The first-order valence-corrected chi connectivity index (χ1v) is 9.51. The molecular formula is C20H20FN3O3S. The fourth-order valence-electron chi connectivity index (χ4n) is 2.68. The number of hydrogen-bond acceptors (Lipinski definition) is 4. The molecule has 6 nitrogen and oxygen atoms in total.